The number of Topliss-reactive ketones (excluding diaryl/α,β-unsaturated/α-hetero) is 1. The molecule has 1 unspecified atom stereocenters. The maximum Gasteiger partial charge on any atom is 0.309 e. The van der Waals surface area contributed by atoms with Gasteiger partial charge in [-0.15, -0.1) is 0 Å². The van der Waals surface area contributed by atoms with Crippen molar-refractivity contribution >= 4 is 23.6 Å². The van der Waals surface area contributed by atoms with Crippen molar-refractivity contribution in [1.82, 2.24) is 4.90 Å². The zero-order valence-corrected chi connectivity index (χ0v) is 35.4. The van der Waals surface area contributed by atoms with Crippen molar-refractivity contribution in [1.29, 1.82) is 0 Å². The molecule has 0 heterocycles. The van der Waals surface area contributed by atoms with Crippen LogP contribution >= 0.6 is 0 Å². The highest BCUT2D eigenvalue weighted by Crippen LogP contribution is 2.77. The van der Waals surface area contributed by atoms with Gasteiger partial charge >= 0.3 is 11.9 Å². The second-order valence-electron chi connectivity index (χ2n) is 20.7. The fourth-order valence-electron chi connectivity index (χ4n) is 13.6. The monoisotopic (exact) mass is 760 g/mol. The number of ether oxygens (including phenoxy) is 1. The van der Waals surface area contributed by atoms with Crippen molar-refractivity contribution in [3.8, 4) is 0 Å². The number of carbonyl (C=O) groups is 4. The summed E-state index contributed by atoms with van der Waals surface area (Å²) in [6.07, 6.45) is 6.86. The molecule has 0 spiro atoms. The van der Waals surface area contributed by atoms with Crippen LogP contribution in [0.5, 0.6) is 0 Å². The number of nitrogens with zero attached hydrogens (tertiary/aromatic N) is 1. The van der Waals surface area contributed by atoms with Crippen LogP contribution in [-0.4, -0.2) is 57.5 Å². The van der Waals surface area contributed by atoms with E-state index in [0.717, 1.165) is 62.5 Å². The fourth-order valence-corrected chi connectivity index (χ4v) is 13.6. The highest BCUT2D eigenvalue weighted by atomic mass is 16.5. The van der Waals surface area contributed by atoms with Crippen LogP contribution in [0.4, 0.5) is 0 Å². The Morgan fingerprint density at radius 2 is 1.58 bits per heavy atom. The number of aliphatic carboxylic acids is 1. The molecule has 4 fully saturated rings. The average Bonchev–Trinajstić information content (AvgIpc) is 3.42. The van der Waals surface area contributed by atoms with E-state index in [4.69, 9.17) is 4.74 Å². The number of ketones is 1. The molecule has 0 aromatic heterocycles. The summed E-state index contributed by atoms with van der Waals surface area (Å²) >= 11 is 0. The van der Waals surface area contributed by atoms with Gasteiger partial charge in [0.25, 0.3) is 0 Å². The molecule has 55 heavy (non-hydrogen) atoms. The number of fused-ring (bicyclic) bond motifs is 7. The molecular formula is C47H69NO7. The van der Waals surface area contributed by atoms with Crippen LogP contribution in [0.25, 0.3) is 0 Å². The second-order valence-corrected chi connectivity index (χ2v) is 20.7. The number of hydrogen-bond donors (Lipinski definition) is 2. The molecular weight excluding hydrogens is 691 g/mol. The van der Waals surface area contributed by atoms with E-state index in [1.54, 1.807) is 18.7 Å². The lowest BCUT2D eigenvalue weighted by atomic mass is 9.33. The molecule has 0 radical (unpaired) electrons. The topological polar surface area (TPSA) is 121 Å². The highest BCUT2D eigenvalue weighted by Gasteiger charge is 2.71. The van der Waals surface area contributed by atoms with Gasteiger partial charge in [-0.05, 0) is 116 Å². The van der Waals surface area contributed by atoms with Gasteiger partial charge in [0, 0.05) is 36.8 Å². The van der Waals surface area contributed by atoms with Crippen LogP contribution in [0.3, 0.4) is 0 Å². The minimum absolute atomic E-state index is 0.00162. The van der Waals surface area contributed by atoms with E-state index < -0.39 is 28.9 Å². The van der Waals surface area contributed by atoms with Crippen molar-refractivity contribution in [2.45, 2.75) is 159 Å². The smallest absolute Gasteiger partial charge is 0.309 e. The number of carbonyl (C=O) groups excluding carboxylic acids is 3. The largest absolute Gasteiger partial charge is 0.481 e. The number of benzene rings is 1. The zero-order chi connectivity index (χ0) is 40.5. The van der Waals surface area contributed by atoms with E-state index in [1.807, 2.05) is 37.3 Å². The van der Waals surface area contributed by atoms with E-state index in [2.05, 4.69) is 48.5 Å². The van der Waals surface area contributed by atoms with Gasteiger partial charge in [-0.1, -0.05) is 91.3 Å². The Morgan fingerprint density at radius 3 is 2.20 bits per heavy atom. The molecule has 0 bridgehead atoms. The summed E-state index contributed by atoms with van der Waals surface area (Å²) < 4.78 is 6.17. The Bertz CT molecular complexity index is 1710. The summed E-state index contributed by atoms with van der Waals surface area (Å²) in [5, 5.41) is 22.1. The van der Waals surface area contributed by atoms with Gasteiger partial charge in [0.15, 0.2) is 5.78 Å². The van der Waals surface area contributed by atoms with Gasteiger partial charge in [-0.3, -0.25) is 19.2 Å². The third-order valence-corrected chi connectivity index (χ3v) is 16.8. The van der Waals surface area contributed by atoms with Crippen LogP contribution < -0.4 is 0 Å². The molecule has 0 aliphatic heterocycles. The first-order valence-electron chi connectivity index (χ1n) is 21.3. The number of allylic oxidation sites excluding steroid dienone is 1. The number of amides is 1. The Balaban J connectivity index is 1.30. The number of hydrogen-bond acceptors (Lipinski definition) is 6. The Kier molecular flexibility index (Phi) is 10.9. The maximum absolute atomic E-state index is 14.2. The molecule has 5 aliphatic rings. The van der Waals surface area contributed by atoms with Crippen LogP contribution in [0, 0.1) is 56.2 Å². The van der Waals surface area contributed by atoms with Crippen molar-refractivity contribution in [3.63, 3.8) is 0 Å². The number of carboxylic acid groups (broad SMARTS) is 1. The van der Waals surface area contributed by atoms with Crippen LogP contribution in [0.2, 0.25) is 0 Å². The summed E-state index contributed by atoms with van der Waals surface area (Å²) in [4.78, 5) is 54.3. The standard InChI is InChI=1S/C47H69NO7/c1-11-37(51)48(27-30-15-13-12-14-16-30)28-35(50)47-24-23-45(9)31(40(47)39(29(2)3)32(49)25-47)17-18-34-44(8)21-20-36(55-38(52)26-42(4,5)41(53)54)43(6,7)33(44)19-22-46(34,45)10/h12-16,29,31,33-36,50H,11,17-28H2,1-10H3,(H,53,54)/t31-,33?,34-,35+,36+,44+,45-,46-,47+/m1/s1. The molecule has 8 nitrogen and oxygen atoms in total. The Morgan fingerprint density at radius 1 is 0.909 bits per heavy atom. The van der Waals surface area contributed by atoms with E-state index >= 15 is 0 Å². The minimum Gasteiger partial charge on any atom is -0.481 e. The Labute approximate surface area is 330 Å². The van der Waals surface area contributed by atoms with Crippen molar-refractivity contribution in [2.75, 3.05) is 6.54 Å². The molecule has 9 atom stereocenters. The lowest BCUT2D eigenvalue weighted by molar-refractivity contribution is -0.235. The molecule has 0 saturated heterocycles. The van der Waals surface area contributed by atoms with Crippen LogP contribution in [-0.2, 0) is 30.5 Å². The summed E-state index contributed by atoms with van der Waals surface area (Å²) in [7, 11) is 0. The average molecular weight is 760 g/mol. The predicted octanol–water partition coefficient (Wildman–Crippen LogP) is 9.18. The Hall–Kier alpha value is -3.00. The third kappa shape index (κ3) is 6.62. The first-order chi connectivity index (χ1) is 25.6. The number of carboxylic acids is 1. The van der Waals surface area contributed by atoms with Crippen molar-refractivity contribution < 1.29 is 34.1 Å². The number of aliphatic hydroxyl groups is 1. The molecule has 1 aromatic rings. The van der Waals surface area contributed by atoms with Gasteiger partial charge in [-0.25, -0.2) is 0 Å². The molecule has 4 saturated carbocycles. The summed E-state index contributed by atoms with van der Waals surface area (Å²) in [5.41, 5.74) is 1.00. The maximum atomic E-state index is 14.2. The van der Waals surface area contributed by atoms with E-state index in [1.165, 1.54) is 5.57 Å². The van der Waals surface area contributed by atoms with Gasteiger partial charge in [-0.2, -0.15) is 0 Å². The van der Waals surface area contributed by atoms with Crippen LogP contribution in [0.1, 0.15) is 145 Å². The molecule has 1 aromatic carbocycles. The van der Waals surface area contributed by atoms with Gasteiger partial charge in [0.1, 0.15) is 6.10 Å². The highest BCUT2D eigenvalue weighted by molar-refractivity contribution is 6.00. The lowest BCUT2D eigenvalue weighted by Gasteiger charge is -2.72. The van der Waals surface area contributed by atoms with Gasteiger partial charge < -0.3 is 19.8 Å². The quantitative estimate of drug-likeness (QED) is 0.216. The van der Waals surface area contributed by atoms with E-state index in [9.17, 15) is 29.4 Å². The molecule has 1 amide bonds. The molecule has 6 rings (SSSR count). The van der Waals surface area contributed by atoms with E-state index in [0.29, 0.717) is 31.2 Å². The first-order valence-corrected chi connectivity index (χ1v) is 21.3. The molecule has 304 valence electrons. The van der Waals surface area contributed by atoms with Crippen molar-refractivity contribution in [3.05, 3.63) is 47.0 Å². The number of esters is 1. The SMILES string of the molecule is CCC(=O)N(Cc1ccccc1)C[C@H](O)[C@@]12CC[C@]3(C)[C@H](CC[C@@H]4[C@@]5(C)CC[C@H](OC(=O)CC(C)(C)C(=O)O)C(C)(C)C5CC[C@]43C)C1=C(C(C)C)C(=O)C2. The summed E-state index contributed by atoms with van der Waals surface area (Å²) in [6.45, 7) is 22.0. The second kappa shape index (κ2) is 14.4. The van der Waals surface area contributed by atoms with Gasteiger partial charge in [0.05, 0.1) is 17.9 Å². The predicted molar refractivity (Wildman–Crippen MR) is 213 cm³/mol. The number of rotatable bonds is 11. The fraction of sp³-hybridized carbons (Fsp3) is 0.745. The van der Waals surface area contributed by atoms with Crippen LogP contribution in [0.15, 0.2) is 41.5 Å². The van der Waals surface area contributed by atoms with Gasteiger partial charge in [0.2, 0.25) is 5.91 Å². The van der Waals surface area contributed by atoms with Crippen molar-refractivity contribution in [2.24, 2.45) is 56.2 Å². The minimum atomic E-state index is -1.18. The summed E-state index contributed by atoms with van der Waals surface area (Å²) in [5.74, 6) is -0.237. The molecule has 2 N–H and O–H groups in total. The zero-order valence-electron chi connectivity index (χ0n) is 35.4. The summed E-state index contributed by atoms with van der Waals surface area (Å²) in [6, 6.07) is 9.96. The lowest BCUT2D eigenvalue weighted by Crippen LogP contribution is -2.66. The van der Waals surface area contributed by atoms with E-state index in [-0.39, 0.29) is 64.3 Å². The molecule has 5 aliphatic carbocycles. The third-order valence-electron chi connectivity index (χ3n) is 16.8. The first kappa shape index (κ1) is 41.6. The molecule has 8 heteroatoms. The number of aliphatic hydroxyl groups excluding tert-OH is 1. The normalized spacial score (nSPS) is 36.0.